The summed E-state index contributed by atoms with van der Waals surface area (Å²) in [7, 11) is 0. The number of benzene rings is 1. The molecule has 0 saturated heterocycles. The summed E-state index contributed by atoms with van der Waals surface area (Å²) in [4.78, 5) is 0. The van der Waals surface area contributed by atoms with E-state index in [4.69, 9.17) is 0 Å². The van der Waals surface area contributed by atoms with Gasteiger partial charge >= 0.3 is 0 Å². The standard InChI is InChI=1S/C21H32F4/c1-2-3-4-11-16-20(22,23)18-21(24,25)17-12-6-5-8-13-19-14-9-7-10-15-19/h7,9-10,14-15H,2-6,8,11-13,16-18H2,1H3. The molecule has 0 atom stereocenters. The van der Waals surface area contributed by atoms with Gasteiger partial charge in [-0.25, -0.2) is 17.6 Å². The minimum absolute atomic E-state index is 0.313. The summed E-state index contributed by atoms with van der Waals surface area (Å²) in [6, 6.07) is 10.0. The summed E-state index contributed by atoms with van der Waals surface area (Å²) in [6.07, 6.45) is 4.45. The number of unbranched alkanes of at least 4 members (excludes halogenated alkanes) is 6. The van der Waals surface area contributed by atoms with Crippen LogP contribution in [-0.2, 0) is 6.42 Å². The van der Waals surface area contributed by atoms with Gasteiger partial charge in [0.15, 0.2) is 0 Å². The molecule has 25 heavy (non-hydrogen) atoms. The van der Waals surface area contributed by atoms with Gasteiger partial charge in [-0.1, -0.05) is 69.4 Å². The average Bonchev–Trinajstić information content (AvgIpc) is 2.55. The van der Waals surface area contributed by atoms with Crippen LogP contribution in [0, 0.1) is 0 Å². The summed E-state index contributed by atoms with van der Waals surface area (Å²) in [5.74, 6) is -6.50. The minimum atomic E-state index is -3.26. The molecule has 0 N–H and O–H groups in total. The van der Waals surface area contributed by atoms with E-state index in [0.717, 1.165) is 32.1 Å². The maximum absolute atomic E-state index is 13.8. The van der Waals surface area contributed by atoms with E-state index in [2.05, 4.69) is 12.1 Å². The van der Waals surface area contributed by atoms with Crippen molar-refractivity contribution in [2.75, 3.05) is 0 Å². The summed E-state index contributed by atoms with van der Waals surface area (Å²) >= 11 is 0. The lowest BCUT2D eigenvalue weighted by molar-refractivity contribution is -0.119. The zero-order valence-corrected chi connectivity index (χ0v) is 15.4. The smallest absolute Gasteiger partial charge is 0.207 e. The van der Waals surface area contributed by atoms with Crippen molar-refractivity contribution >= 4 is 0 Å². The van der Waals surface area contributed by atoms with Crippen LogP contribution in [-0.4, -0.2) is 11.8 Å². The summed E-state index contributed by atoms with van der Waals surface area (Å²) in [5.41, 5.74) is 1.25. The Kier molecular flexibility index (Phi) is 10.1. The van der Waals surface area contributed by atoms with Crippen molar-refractivity contribution in [1.82, 2.24) is 0 Å². The fourth-order valence-electron chi connectivity index (χ4n) is 3.08. The Morgan fingerprint density at radius 3 is 1.76 bits per heavy atom. The third-order valence-electron chi connectivity index (χ3n) is 4.51. The normalized spacial score (nSPS) is 12.5. The molecule has 0 fully saturated rings. The van der Waals surface area contributed by atoms with Gasteiger partial charge in [0.05, 0.1) is 6.42 Å². The van der Waals surface area contributed by atoms with Crippen molar-refractivity contribution in [2.45, 2.75) is 95.8 Å². The van der Waals surface area contributed by atoms with Gasteiger partial charge in [0, 0.05) is 12.8 Å². The first-order valence-corrected chi connectivity index (χ1v) is 9.64. The molecule has 0 spiro atoms. The molecular formula is C21H32F4. The van der Waals surface area contributed by atoms with E-state index in [0.29, 0.717) is 25.7 Å². The Morgan fingerprint density at radius 1 is 0.680 bits per heavy atom. The van der Waals surface area contributed by atoms with Gasteiger partial charge in [-0.15, -0.1) is 0 Å². The number of hydrogen-bond acceptors (Lipinski definition) is 0. The van der Waals surface area contributed by atoms with Gasteiger partial charge in [0.25, 0.3) is 11.8 Å². The summed E-state index contributed by atoms with van der Waals surface area (Å²) in [6.45, 7) is 1.99. The predicted molar refractivity (Wildman–Crippen MR) is 96.5 cm³/mol. The van der Waals surface area contributed by atoms with Gasteiger partial charge in [0.1, 0.15) is 0 Å². The van der Waals surface area contributed by atoms with Crippen LogP contribution in [0.3, 0.4) is 0 Å². The van der Waals surface area contributed by atoms with Gasteiger partial charge in [-0.05, 0) is 31.2 Å². The quantitative estimate of drug-likeness (QED) is 0.234. The van der Waals surface area contributed by atoms with Crippen molar-refractivity contribution in [1.29, 1.82) is 0 Å². The first kappa shape index (κ1) is 22.0. The van der Waals surface area contributed by atoms with Crippen molar-refractivity contribution in [3.8, 4) is 0 Å². The van der Waals surface area contributed by atoms with E-state index in [-0.39, 0.29) is 0 Å². The fraction of sp³-hybridized carbons (Fsp3) is 0.714. The molecule has 0 aliphatic carbocycles. The van der Waals surface area contributed by atoms with Gasteiger partial charge in [0.2, 0.25) is 0 Å². The molecule has 0 nitrogen and oxygen atoms in total. The van der Waals surface area contributed by atoms with Gasteiger partial charge in [-0.2, -0.15) is 0 Å². The predicted octanol–water partition coefficient (Wildman–Crippen LogP) is 7.81. The second kappa shape index (κ2) is 11.5. The minimum Gasteiger partial charge on any atom is -0.207 e. The molecule has 0 aliphatic rings. The highest BCUT2D eigenvalue weighted by molar-refractivity contribution is 5.14. The molecule has 1 aromatic rings. The lowest BCUT2D eigenvalue weighted by Crippen LogP contribution is -2.29. The fourth-order valence-corrected chi connectivity index (χ4v) is 3.08. The van der Waals surface area contributed by atoms with Crippen LogP contribution in [0.15, 0.2) is 30.3 Å². The molecule has 0 aromatic heterocycles. The monoisotopic (exact) mass is 360 g/mol. The van der Waals surface area contributed by atoms with Crippen LogP contribution >= 0.6 is 0 Å². The molecule has 1 rings (SSSR count). The van der Waals surface area contributed by atoms with Crippen LogP contribution in [0.25, 0.3) is 0 Å². The second-order valence-corrected chi connectivity index (χ2v) is 7.10. The SMILES string of the molecule is CCCCCCC(F)(F)CC(F)(F)CCCCCCc1ccccc1. The first-order valence-electron chi connectivity index (χ1n) is 9.64. The molecule has 0 bridgehead atoms. The third-order valence-corrected chi connectivity index (χ3v) is 4.51. The first-order chi connectivity index (χ1) is 11.8. The Bertz CT molecular complexity index is 442. The third kappa shape index (κ3) is 11.2. The summed E-state index contributed by atoms with van der Waals surface area (Å²) in [5, 5.41) is 0. The summed E-state index contributed by atoms with van der Waals surface area (Å²) < 4.78 is 54.9. The molecule has 0 unspecified atom stereocenters. The average molecular weight is 360 g/mol. The maximum atomic E-state index is 13.8. The zero-order chi connectivity index (χ0) is 18.6. The van der Waals surface area contributed by atoms with Crippen LogP contribution in [0.4, 0.5) is 17.6 Å². The topological polar surface area (TPSA) is 0 Å². The second-order valence-electron chi connectivity index (χ2n) is 7.10. The van der Waals surface area contributed by atoms with Crippen molar-refractivity contribution in [2.24, 2.45) is 0 Å². The van der Waals surface area contributed by atoms with E-state index in [1.165, 1.54) is 5.56 Å². The van der Waals surface area contributed by atoms with Crippen molar-refractivity contribution < 1.29 is 17.6 Å². The maximum Gasteiger partial charge on any atom is 0.253 e. The van der Waals surface area contributed by atoms with Gasteiger partial charge < -0.3 is 0 Å². The van der Waals surface area contributed by atoms with Crippen molar-refractivity contribution in [3.05, 3.63) is 35.9 Å². The largest absolute Gasteiger partial charge is 0.253 e. The molecule has 0 amide bonds. The number of alkyl halides is 4. The number of hydrogen-bond donors (Lipinski definition) is 0. The van der Waals surface area contributed by atoms with Crippen molar-refractivity contribution in [3.63, 3.8) is 0 Å². The molecule has 144 valence electrons. The molecule has 4 heteroatoms. The van der Waals surface area contributed by atoms with Crippen LogP contribution in [0.2, 0.25) is 0 Å². The molecule has 0 aliphatic heterocycles. The lowest BCUT2D eigenvalue weighted by atomic mass is 9.98. The Labute approximate surface area is 150 Å². The van der Waals surface area contributed by atoms with Crippen LogP contribution in [0.1, 0.15) is 83.1 Å². The lowest BCUT2D eigenvalue weighted by Gasteiger charge is -2.23. The van der Waals surface area contributed by atoms with Crippen LogP contribution < -0.4 is 0 Å². The van der Waals surface area contributed by atoms with E-state index in [1.807, 2.05) is 25.1 Å². The number of rotatable bonds is 14. The van der Waals surface area contributed by atoms with E-state index >= 15 is 0 Å². The Balaban J connectivity index is 2.14. The Hall–Kier alpha value is -1.06. The van der Waals surface area contributed by atoms with Crippen LogP contribution in [0.5, 0.6) is 0 Å². The highest BCUT2D eigenvalue weighted by Gasteiger charge is 2.41. The highest BCUT2D eigenvalue weighted by Crippen LogP contribution is 2.37. The van der Waals surface area contributed by atoms with Gasteiger partial charge in [-0.3, -0.25) is 0 Å². The van der Waals surface area contributed by atoms with E-state index < -0.39 is 31.1 Å². The molecule has 0 saturated carbocycles. The molecule has 1 aromatic carbocycles. The highest BCUT2D eigenvalue weighted by atomic mass is 19.3. The molecule has 0 radical (unpaired) electrons. The van der Waals surface area contributed by atoms with E-state index in [9.17, 15) is 17.6 Å². The number of halogens is 4. The zero-order valence-electron chi connectivity index (χ0n) is 15.4. The molecular weight excluding hydrogens is 328 g/mol. The van der Waals surface area contributed by atoms with E-state index in [1.54, 1.807) is 0 Å². The molecule has 0 heterocycles. The number of aryl methyl sites for hydroxylation is 1. The Morgan fingerprint density at radius 2 is 1.20 bits per heavy atom.